The van der Waals surface area contributed by atoms with Gasteiger partial charge in [0, 0.05) is 0 Å². The van der Waals surface area contributed by atoms with Gasteiger partial charge in [0.2, 0.25) is 0 Å². The molecule has 168 valence electrons. The number of rotatable bonds is 21. The Morgan fingerprint density at radius 2 is 1.11 bits per heavy atom. The normalized spacial score (nSPS) is 13.1. The number of hydrogen-bond acceptors (Lipinski definition) is 3. The molecule has 1 atom stereocenters. The summed E-state index contributed by atoms with van der Waals surface area (Å²) in [5, 5.41) is -0.978. The Bertz CT molecular complexity index is 451. The predicted molar refractivity (Wildman–Crippen MR) is 122 cm³/mol. The summed E-state index contributed by atoms with van der Waals surface area (Å²) in [5.74, 6) is 0. The third-order valence-electron chi connectivity index (χ3n) is 5.57. The topological polar surface area (TPSA) is 57.6 Å². The van der Waals surface area contributed by atoms with Crippen LogP contribution in [0.5, 0.6) is 0 Å². The van der Waals surface area contributed by atoms with Crippen LogP contribution in [0.15, 0.2) is 12.7 Å². The van der Waals surface area contributed by atoms with E-state index in [-0.39, 0.29) is 0 Å². The lowest BCUT2D eigenvalue weighted by molar-refractivity contribution is 0.269. The highest BCUT2D eigenvalue weighted by Gasteiger charge is 2.25. The summed E-state index contributed by atoms with van der Waals surface area (Å²) in [6.07, 6.45) is 22.5. The summed E-state index contributed by atoms with van der Waals surface area (Å²) in [7, 11) is -4.09. The lowest BCUT2D eigenvalue weighted by Gasteiger charge is -2.25. The monoisotopic (exact) mass is 417 g/mol. The third-order valence-corrected chi connectivity index (χ3v) is 6.67. The number of unbranched alkanes of at least 4 members (excludes halogenated alkanes) is 15. The summed E-state index contributed by atoms with van der Waals surface area (Å²) in [4.78, 5) is 1.77. The highest BCUT2D eigenvalue weighted by Crippen LogP contribution is 2.14. The molecule has 0 bridgehead atoms. The first-order valence-electron chi connectivity index (χ1n) is 11.8. The molecule has 0 aliphatic heterocycles. The van der Waals surface area contributed by atoms with Crippen molar-refractivity contribution in [1.29, 1.82) is 0 Å². The van der Waals surface area contributed by atoms with Crippen molar-refractivity contribution in [2.24, 2.45) is 0 Å². The summed E-state index contributed by atoms with van der Waals surface area (Å²) in [5.41, 5.74) is 0. The maximum Gasteiger partial charge on any atom is 0.285 e. The van der Waals surface area contributed by atoms with E-state index in [4.69, 9.17) is 0 Å². The van der Waals surface area contributed by atoms with Gasteiger partial charge < -0.3 is 0 Å². The summed E-state index contributed by atoms with van der Waals surface area (Å²) >= 11 is 0. The summed E-state index contributed by atoms with van der Waals surface area (Å²) < 4.78 is 32.0. The van der Waals surface area contributed by atoms with Gasteiger partial charge in [-0.2, -0.15) is 8.42 Å². The first-order chi connectivity index (χ1) is 13.5. The minimum absolute atomic E-state index is 0.592. The summed E-state index contributed by atoms with van der Waals surface area (Å²) in [6, 6.07) is 0. The molecule has 0 aromatic carbocycles. The Kier molecular flexibility index (Phi) is 18.4. The van der Waals surface area contributed by atoms with Crippen molar-refractivity contribution >= 4 is 10.1 Å². The van der Waals surface area contributed by atoms with Crippen LogP contribution in [0.4, 0.5) is 0 Å². The molecule has 0 heterocycles. The fraction of sp³-hybridized carbons (Fsp3) is 0.913. The van der Waals surface area contributed by atoms with Crippen molar-refractivity contribution in [3.63, 3.8) is 0 Å². The van der Waals surface area contributed by atoms with E-state index in [0.29, 0.717) is 13.1 Å². The van der Waals surface area contributed by atoms with Crippen LogP contribution in [0.1, 0.15) is 117 Å². The molecule has 0 rings (SSSR count). The van der Waals surface area contributed by atoms with Gasteiger partial charge in [0.25, 0.3) is 10.1 Å². The molecule has 0 aliphatic carbocycles. The Morgan fingerprint density at radius 3 is 1.39 bits per heavy atom. The van der Waals surface area contributed by atoms with Gasteiger partial charge in [0.05, 0.1) is 0 Å². The molecule has 0 fully saturated rings. The van der Waals surface area contributed by atoms with Gasteiger partial charge in [-0.3, -0.25) is 9.45 Å². The van der Waals surface area contributed by atoms with Crippen molar-refractivity contribution in [3.8, 4) is 0 Å². The molecule has 0 aliphatic rings. The zero-order valence-corrected chi connectivity index (χ0v) is 19.5. The van der Waals surface area contributed by atoms with Crippen LogP contribution < -0.4 is 0 Å². The van der Waals surface area contributed by atoms with E-state index in [1.54, 1.807) is 4.90 Å². The summed E-state index contributed by atoms with van der Waals surface area (Å²) in [6.45, 7) is 9.00. The molecule has 4 nitrogen and oxygen atoms in total. The van der Waals surface area contributed by atoms with Crippen LogP contribution >= 0.6 is 0 Å². The Morgan fingerprint density at radius 1 is 0.750 bits per heavy atom. The van der Waals surface area contributed by atoms with Gasteiger partial charge in [-0.15, -0.1) is 6.58 Å². The van der Waals surface area contributed by atoms with E-state index in [0.717, 1.165) is 12.8 Å². The van der Waals surface area contributed by atoms with E-state index < -0.39 is 15.5 Å². The van der Waals surface area contributed by atoms with Crippen molar-refractivity contribution in [1.82, 2.24) is 4.90 Å². The van der Waals surface area contributed by atoms with Crippen LogP contribution in [-0.2, 0) is 10.1 Å². The zero-order valence-electron chi connectivity index (χ0n) is 18.7. The number of likely N-dealkylation sites (N-methyl/N-ethyl adjacent to an activating group) is 1. The van der Waals surface area contributed by atoms with E-state index in [1.165, 1.54) is 96.0 Å². The molecule has 0 saturated carbocycles. The van der Waals surface area contributed by atoms with Crippen molar-refractivity contribution in [2.75, 3.05) is 13.1 Å². The van der Waals surface area contributed by atoms with Crippen LogP contribution in [0.2, 0.25) is 0 Å². The van der Waals surface area contributed by atoms with Gasteiger partial charge in [0.15, 0.2) is 5.37 Å². The predicted octanol–water partition coefficient (Wildman–Crippen LogP) is 6.97. The quantitative estimate of drug-likeness (QED) is 0.124. The van der Waals surface area contributed by atoms with Gasteiger partial charge in [-0.25, -0.2) is 0 Å². The van der Waals surface area contributed by atoms with Gasteiger partial charge in [-0.1, -0.05) is 116 Å². The average Bonchev–Trinajstić information content (AvgIpc) is 2.65. The van der Waals surface area contributed by atoms with Gasteiger partial charge >= 0.3 is 0 Å². The second-order valence-electron chi connectivity index (χ2n) is 8.07. The SMILES string of the molecule is C=CC(N(CC)CCCCCCCCCCCCCCCCCC)S(=O)(=O)O. The highest BCUT2D eigenvalue weighted by molar-refractivity contribution is 7.86. The molecule has 5 heteroatoms. The van der Waals surface area contributed by atoms with Crippen LogP contribution in [0.25, 0.3) is 0 Å². The van der Waals surface area contributed by atoms with Crippen molar-refractivity contribution in [3.05, 3.63) is 12.7 Å². The Labute approximate surface area is 175 Å². The second-order valence-corrected chi connectivity index (χ2v) is 9.59. The zero-order chi connectivity index (χ0) is 21.1. The largest absolute Gasteiger partial charge is 0.285 e. The molecular weight excluding hydrogens is 370 g/mol. The molecule has 0 saturated heterocycles. The molecular formula is C23H47NO3S. The van der Waals surface area contributed by atoms with Gasteiger partial charge in [0.1, 0.15) is 0 Å². The second kappa shape index (κ2) is 18.6. The third kappa shape index (κ3) is 15.5. The molecule has 0 aromatic heterocycles. The smallest absolute Gasteiger partial charge is 0.284 e. The molecule has 1 unspecified atom stereocenters. The molecule has 0 radical (unpaired) electrons. The molecule has 28 heavy (non-hydrogen) atoms. The molecule has 1 N–H and O–H groups in total. The fourth-order valence-corrected chi connectivity index (χ4v) is 4.66. The van der Waals surface area contributed by atoms with Crippen LogP contribution in [0.3, 0.4) is 0 Å². The Hall–Kier alpha value is -0.390. The maximum atomic E-state index is 11.4. The minimum Gasteiger partial charge on any atom is -0.284 e. The molecule has 0 aromatic rings. The van der Waals surface area contributed by atoms with Crippen LogP contribution in [0, 0.1) is 0 Å². The lowest BCUT2D eigenvalue weighted by atomic mass is 10.0. The maximum absolute atomic E-state index is 11.4. The molecule has 0 spiro atoms. The average molecular weight is 418 g/mol. The van der Waals surface area contributed by atoms with E-state index in [2.05, 4.69) is 13.5 Å². The van der Waals surface area contributed by atoms with Gasteiger partial charge in [-0.05, 0) is 19.5 Å². The fourth-order valence-electron chi connectivity index (χ4n) is 3.79. The number of nitrogens with zero attached hydrogens (tertiary/aromatic N) is 1. The van der Waals surface area contributed by atoms with E-state index in [9.17, 15) is 13.0 Å². The van der Waals surface area contributed by atoms with Crippen molar-refractivity contribution in [2.45, 2.75) is 122 Å². The first-order valence-corrected chi connectivity index (χ1v) is 13.3. The number of hydrogen-bond donors (Lipinski definition) is 1. The minimum atomic E-state index is -4.09. The van der Waals surface area contributed by atoms with E-state index >= 15 is 0 Å². The Balaban J connectivity index is 3.47. The standard InChI is InChI=1S/C23H47NO3S/c1-4-7-8-9-10-11-12-13-14-15-16-17-18-19-20-21-22-24(6-3)23(5-2)28(25,26)27/h5,23H,2,4,6-22H2,1,3H3,(H,25,26,27). The lowest BCUT2D eigenvalue weighted by Crippen LogP contribution is -2.39. The van der Waals surface area contributed by atoms with Crippen molar-refractivity contribution < 1.29 is 13.0 Å². The van der Waals surface area contributed by atoms with Crippen LogP contribution in [-0.4, -0.2) is 36.3 Å². The first kappa shape index (κ1) is 27.6. The molecule has 0 amide bonds. The van der Waals surface area contributed by atoms with E-state index in [1.807, 2.05) is 6.92 Å². The highest BCUT2D eigenvalue weighted by atomic mass is 32.2.